The third-order valence-electron chi connectivity index (χ3n) is 11.7. The van der Waals surface area contributed by atoms with Gasteiger partial charge in [-0.1, -0.05) is 32.0 Å². The smallest absolute Gasteiger partial charge is 0.0573 e. The Morgan fingerprint density at radius 3 is 2.08 bits per heavy atom. The maximum absolute atomic E-state index is 4.91. The first-order valence-electron chi connectivity index (χ1n) is 15.6. The molecule has 3 aromatic heterocycles. The molecule has 1 aliphatic carbocycles. The van der Waals surface area contributed by atoms with Crippen LogP contribution in [-0.4, -0.2) is 50.6 Å². The van der Waals surface area contributed by atoms with Crippen LogP contribution in [0.15, 0.2) is 73.2 Å². The summed E-state index contributed by atoms with van der Waals surface area (Å²) in [5, 5.41) is 8.19. The number of fused-ring (bicyclic) bond motifs is 5. The van der Waals surface area contributed by atoms with E-state index in [1.165, 1.54) is 36.3 Å². The third-order valence-corrected chi connectivity index (χ3v) is 11.7. The molecule has 8 rings (SSSR count). The second-order valence-corrected chi connectivity index (χ2v) is 13.7. The van der Waals surface area contributed by atoms with Crippen LogP contribution in [0.5, 0.6) is 0 Å². The highest BCUT2D eigenvalue weighted by atomic mass is 15.3. The van der Waals surface area contributed by atoms with Gasteiger partial charge >= 0.3 is 0 Å². The second-order valence-electron chi connectivity index (χ2n) is 13.7. The zero-order chi connectivity index (χ0) is 26.8. The summed E-state index contributed by atoms with van der Waals surface area (Å²) < 4.78 is 0. The zero-order valence-electron chi connectivity index (χ0n) is 23.7. The highest BCUT2D eigenvalue weighted by Crippen LogP contribution is 2.62. The molecule has 208 valence electrons. The summed E-state index contributed by atoms with van der Waals surface area (Å²) in [6.07, 6.45) is 11.9. The Morgan fingerprint density at radius 2 is 1.40 bits per heavy atom. The largest absolute Gasteiger partial charge is 0.307 e. The Morgan fingerprint density at radius 1 is 0.725 bits per heavy atom. The van der Waals surface area contributed by atoms with Crippen LogP contribution in [0.1, 0.15) is 81.0 Å². The molecule has 4 aliphatic heterocycles. The molecule has 0 radical (unpaired) electrons. The molecule has 5 fully saturated rings. The number of nitrogens with one attached hydrogen (secondary N) is 2. The average molecular weight is 535 g/mol. The van der Waals surface area contributed by atoms with Crippen LogP contribution in [0.25, 0.3) is 0 Å². The van der Waals surface area contributed by atoms with E-state index in [9.17, 15) is 0 Å². The summed E-state index contributed by atoms with van der Waals surface area (Å²) in [5.74, 6) is 2.45. The first kappa shape index (κ1) is 25.1. The van der Waals surface area contributed by atoms with E-state index < -0.39 is 0 Å². The number of hydrogen-bond acceptors (Lipinski definition) is 6. The number of aromatic nitrogens is 3. The SMILES string of the molecule is CC1(C)C2CC(c3ccccn3)NCC2N2C3CCC(c4ccccn4)NC3C3CC(c4ccccn4)CC1C32. The van der Waals surface area contributed by atoms with Crippen LogP contribution in [0, 0.1) is 23.2 Å². The Kier molecular flexibility index (Phi) is 6.09. The van der Waals surface area contributed by atoms with Crippen LogP contribution in [-0.2, 0) is 0 Å². The Hall–Kier alpha value is -2.67. The van der Waals surface area contributed by atoms with Crippen LogP contribution >= 0.6 is 0 Å². The maximum atomic E-state index is 4.91. The molecule has 6 nitrogen and oxygen atoms in total. The molecule has 3 aromatic rings. The summed E-state index contributed by atoms with van der Waals surface area (Å²) in [5.41, 5.74) is 3.95. The number of hydrogen-bond donors (Lipinski definition) is 2. The van der Waals surface area contributed by atoms with Gasteiger partial charge in [-0.15, -0.1) is 0 Å². The van der Waals surface area contributed by atoms with E-state index in [1.54, 1.807) is 0 Å². The van der Waals surface area contributed by atoms with Crippen molar-refractivity contribution >= 4 is 0 Å². The lowest BCUT2D eigenvalue weighted by Gasteiger charge is -2.62. The van der Waals surface area contributed by atoms with Gasteiger partial charge in [0.05, 0.1) is 11.4 Å². The van der Waals surface area contributed by atoms with Crippen LogP contribution in [0.3, 0.4) is 0 Å². The Bertz CT molecular complexity index is 1320. The normalized spacial score (nSPS) is 40.0. The molecule has 0 amide bonds. The van der Waals surface area contributed by atoms with Crippen molar-refractivity contribution in [3.05, 3.63) is 90.3 Å². The van der Waals surface area contributed by atoms with Gasteiger partial charge in [-0.3, -0.25) is 19.9 Å². The van der Waals surface area contributed by atoms with Gasteiger partial charge in [0.15, 0.2) is 0 Å². The topological polar surface area (TPSA) is 66.0 Å². The molecule has 4 saturated heterocycles. The van der Waals surface area contributed by atoms with Crippen LogP contribution in [0.2, 0.25) is 0 Å². The molecule has 0 aromatic carbocycles. The van der Waals surface area contributed by atoms with Crippen molar-refractivity contribution in [3.8, 4) is 0 Å². The van der Waals surface area contributed by atoms with Gasteiger partial charge in [-0.2, -0.15) is 0 Å². The number of pyridine rings is 3. The van der Waals surface area contributed by atoms with E-state index in [2.05, 4.69) is 71.8 Å². The summed E-state index contributed by atoms with van der Waals surface area (Å²) in [7, 11) is 0. The summed E-state index contributed by atoms with van der Waals surface area (Å²) in [6.45, 7) is 6.27. The molecule has 5 aliphatic rings. The third kappa shape index (κ3) is 3.90. The van der Waals surface area contributed by atoms with Crippen molar-refractivity contribution in [2.75, 3.05) is 6.54 Å². The fraction of sp³-hybridized carbons (Fsp3) is 0.559. The van der Waals surface area contributed by atoms with Crippen LogP contribution in [0.4, 0.5) is 0 Å². The van der Waals surface area contributed by atoms with Gasteiger partial charge < -0.3 is 10.6 Å². The minimum atomic E-state index is 0.251. The fourth-order valence-electron chi connectivity index (χ4n) is 9.98. The fourth-order valence-corrected chi connectivity index (χ4v) is 9.98. The van der Waals surface area contributed by atoms with E-state index in [-0.39, 0.29) is 5.41 Å². The quantitative estimate of drug-likeness (QED) is 0.476. The maximum Gasteiger partial charge on any atom is 0.0573 e. The highest BCUT2D eigenvalue weighted by molar-refractivity contribution is 5.25. The van der Waals surface area contributed by atoms with Gasteiger partial charge in [0.1, 0.15) is 0 Å². The molecule has 10 atom stereocenters. The van der Waals surface area contributed by atoms with Crippen LogP contribution < -0.4 is 10.6 Å². The van der Waals surface area contributed by atoms with Crippen molar-refractivity contribution in [1.29, 1.82) is 0 Å². The zero-order valence-corrected chi connectivity index (χ0v) is 23.7. The van der Waals surface area contributed by atoms with Crippen molar-refractivity contribution in [3.63, 3.8) is 0 Å². The van der Waals surface area contributed by atoms with Crippen molar-refractivity contribution < 1.29 is 0 Å². The molecule has 40 heavy (non-hydrogen) atoms. The predicted molar refractivity (Wildman–Crippen MR) is 156 cm³/mol. The number of nitrogens with zero attached hydrogens (tertiary/aromatic N) is 4. The molecule has 10 unspecified atom stereocenters. The average Bonchev–Trinajstić information content (AvgIpc) is 3.34. The van der Waals surface area contributed by atoms with Crippen molar-refractivity contribution in [2.45, 2.75) is 88.1 Å². The van der Waals surface area contributed by atoms with Crippen molar-refractivity contribution in [1.82, 2.24) is 30.5 Å². The van der Waals surface area contributed by atoms with Gasteiger partial charge in [0.2, 0.25) is 0 Å². The van der Waals surface area contributed by atoms with E-state index in [1.807, 2.05) is 30.7 Å². The molecular formula is C34H42N6. The summed E-state index contributed by atoms with van der Waals surface area (Å²) in [4.78, 5) is 17.5. The molecule has 7 heterocycles. The lowest BCUT2D eigenvalue weighted by Crippen LogP contribution is -2.68. The van der Waals surface area contributed by atoms with Crippen molar-refractivity contribution in [2.24, 2.45) is 23.2 Å². The predicted octanol–water partition coefficient (Wildman–Crippen LogP) is 5.29. The van der Waals surface area contributed by atoms with E-state index >= 15 is 0 Å². The summed E-state index contributed by atoms with van der Waals surface area (Å²) in [6, 6.07) is 22.3. The first-order valence-corrected chi connectivity index (χ1v) is 15.6. The van der Waals surface area contributed by atoms with Gasteiger partial charge in [-0.25, -0.2) is 0 Å². The lowest BCUT2D eigenvalue weighted by atomic mass is 9.52. The van der Waals surface area contributed by atoms with Gasteiger partial charge in [0, 0.05) is 73.0 Å². The Balaban J connectivity index is 1.17. The van der Waals surface area contributed by atoms with Gasteiger partial charge in [-0.05, 0) is 91.7 Å². The molecular weight excluding hydrogens is 492 g/mol. The lowest BCUT2D eigenvalue weighted by molar-refractivity contribution is -0.127. The molecule has 2 N–H and O–H groups in total. The minimum absolute atomic E-state index is 0.251. The molecule has 0 bridgehead atoms. The molecule has 6 heteroatoms. The number of rotatable bonds is 3. The first-order chi connectivity index (χ1) is 19.6. The van der Waals surface area contributed by atoms with Gasteiger partial charge in [0.25, 0.3) is 0 Å². The summed E-state index contributed by atoms with van der Waals surface area (Å²) >= 11 is 0. The Labute approximate surface area is 238 Å². The van der Waals surface area contributed by atoms with E-state index in [0.717, 1.165) is 19.4 Å². The van der Waals surface area contributed by atoms with E-state index in [0.29, 0.717) is 59.9 Å². The number of piperidine rings is 3. The highest BCUT2D eigenvalue weighted by Gasteiger charge is 2.65. The monoisotopic (exact) mass is 534 g/mol. The van der Waals surface area contributed by atoms with E-state index in [4.69, 9.17) is 15.0 Å². The standard InChI is InChI=1S/C34H42N6/c1-34(2)23-19-29(27-11-5-8-16-37-27)38-20-31(23)40-30-13-12-28(26-10-4-7-15-36-26)39-32(30)22-17-21(18-24(34)33(22)40)25-9-3-6-14-35-25/h3-11,14-16,21-24,28-33,38-39H,12-13,17-20H2,1-2H3. The second kappa shape index (κ2) is 9.71. The minimum Gasteiger partial charge on any atom is -0.307 e. The molecule has 0 spiro atoms. The molecule has 1 saturated carbocycles.